The van der Waals surface area contributed by atoms with Gasteiger partial charge >= 0.3 is 5.69 Å². The Hall–Kier alpha value is -3.62. The molecule has 0 spiro atoms. The smallest absolute Gasteiger partial charge is 0.332 e. The number of imidazole rings is 1. The fraction of sp³-hybridized carbons (Fsp3) is 0.481. The van der Waals surface area contributed by atoms with Crippen molar-refractivity contribution in [2.45, 2.75) is 58.7 Å². The summed E-state index contributed by atoms with van der Waals surface area (Å²) in [7, 11) is 1.79. The van der Waals surface area contributed by atoms with E-state index in [-0.39, 0.29) is 23.3 Å². The lowest BCUT2D eigenvalue weighted by molar-refractivity contribution is -0.134. The van der Waals surface area contributed by atoms with E-state index in [1.807, 2.05) is 48.2 Å². The average molecular weight is 492 g/mol. The van der Waals surface area contributed by atoms with Crippen LogP contribution < -0.4 is 16.0 Å². The predicted molar refractivity (Wildman–Crippen MR) is 139 cm³/mol. The first-order valence-corrected chi connectivity index (χ1v) is 12.8. The van der Waals surface area contributed by atoms with Crippen LogP contribution in [0.5, 0.6) is 5.75 Å². The maximum absolute atomic E-state index is 12.9. The molecule has 1 saturated heterocycles. The molecule has 1 aromatic carbocycles. The molecule has 0 unspecified atom stereocenters. The SMILES string of the molecule is CCn1c(=O)c2c(nc(/C=C/c3ccc(OC4CCN(C(=O)C5CC5)CC4)cc3)n2C)n(CC)c1=O. The van der Waals surface area contributed by atoms with Crippen molar-refractivity contribution in [3.05, 3.63) is 56.5 Å². The van der Waals surface area contributed by atoms with Crippen molar-refractivity contribution in [1.29, 1.82) is 0 Å². The average Bonchev–Trinajstić information content (AvgIpc) is 3.68. The predicted octanol–water partition coefficient (Wildman–Crippen LogP) is 2.89. The quantitative estimate of drug-likeness (QED) is 0.507. The van der Waals surface area contributed by atoms with E-state index < -0.39 is 0 Å². The molecule has 0 N–H and O–H groups in total. The molecule has 190 valence electrons. The third-order valence-corrected chi connectivity index (χ3v) is 7.20. The zero-order chi connectivity index (χ0) is 25.4. The van der Waals surface area contributed by atoms with E-state index in [1.165, 1.54) is 9.13 Å². The standard InChI is InChI=1S/C27H33N5O4/c1-4-31-24-23(26(34)32(5-2)27(31)35)29(3)22(28-24)13-8-18-6-11-20(12-7-18)36-21-14-16-30(17-15-21)25(33)19-9-10-19/h6-8,11-13,19,21H,4-5,9-10,14-17H2,1-3H3/b13-8+. The summed E-state index contributed by atoms with van der Waals surface area (Å²) in [5, 5.41) is 0. The second-order valence-corrected chi connectivity index (χ2v) is 9.60. The molecule has 9 nitrogen and oxygen atoms in total. The second-order valence-electron chi connectivity index (χ2n) is 9.60. The van der Waals surface area contributed by atoms with Crippen molar-refractivity contribution in [1.82, 2.24) is 23.6 Å². The molecule has 0 bridgehead atoms. The number of amides is 1. The number of piperidine rings is 1. The van der Waals surface area contributed by atoms with E-state index in [4.69, 9.17) is 4.74 Å². The molecule has 1 amide bonds. The number of ether oxygens (including phenoxy) is 1. The Balaban J connectivity index is 1.27. The third-order valence-electron chi connectivity index (χ3n) is 7.20. The Morgan fingerprint density at radius 3 is 2.28 bits per heavy atom. The van der Waals surface area contributed by atoms with E-state index in [2.05, 4.69) is 4.98 Å². The molecule has 2 aliphatic rings. The maximum Gasteiger partial charge on any atom is 0.332 e. The first-order chi connectivity index (χ1) is 17.4. The van der Waals surface area contributed by atoms with Crippen molar-refractivity contribution in [3.8, 4) is 5.75 Å². The Morgan fingerprint density at radius 1 is 1.00 bits per heavy atom. The summed E-state index contributed by atoms with van der Waals surface area (Å²) < 4.78 is 10.7. The first-order valence-electron chi connectivity index (χ1n) is 12.8. The van der Waals surface area contributed by atoms with Crippen LogP contribution in [0.15, 0.2) is 33.9 Å². The molecule has 5 rings (SSSR count). The van der Waals surface area contributed by atoms with Gasteiger partial charge < -0.3 is 14.2 Å². The number of benzene rings is 1. The highest BCUT2D eigenvalue weighted by Crippen LogP contribution is 2.32. The Bertz CT molecular complexity index is 1420. The summed E-state index contributed by atoms with van der Waals surface area (Å²) >= 11 is 0. The molecule has 1 aliphatic heterocycles. The van der Waals surface area contributed by atoms with Crippen LogP contribution in [-0.4, -0.2) is 48.7 Å². The van der Waals surface area contributed by atoms with Gasteiger partial charge in [0.15, 0.2) is 11.2 Å². The summed E-state index contributed by atoms with van der Waals surface area (Å²) in [5.74, 6) is 2.01. The van der Waals surface area contributed by atoms with E-state index in [1.54, 1.807) is 18.5 Å². The lowest BCUT2D eigenvalue weighted by atomic mass is 10.1. The van der Waals surface area contributed by atoms with Gasteiger partial charge in [-0.15, -0.1) is 0 Å². The van der Waals surface area contributed by atoms with Crippen LogP contribution in [0.25, 0.3) is 23.3 Å². The Labute approximate surface area is 209 Å². The van der Waals surface area contributed by atoms with Crippen LogP contribution >= 0.6 is 0 Å². The highest BCUT2D eigenvalue weighted by Gasteiger charge is 2.35. The normalized spacial score (nSPS) is 16.8. The van der Waals surface area contributed by atoms with Crippen LogP contribution in [0.4, 0.5) is 0 Å². The molecule has 36 heavy (non-hydrogen) atoms. The molecule has 3 aromatic rings. The van der Waals surface area contributed by atoms with E-state index >= 15 is 0 Å². The second kappa shape index (κ2) is 9.79. The number of carbonyl (C=O) groups excluding carboxylic acids is 1. The maximum atomic E-state index is 12.9. The van der Waals surface area contributed by atoms with Gasteiger partial charge in [0.25, 0.3) is 5.56 Å². The third kappa shape index (κ3) is 4.50. The van der Waals surface area contributed by atoms with Gasteiger partial charge in [-0.3, -0.25) is 18.7 Å². The molecule has 9 heteroatoms. The molecule has 2 aromatic heterocycles. The van der Waals surface area contributed by atoms with Gasteiger partial charge in [-0.05, 0) is 50.5 Å². The van der Waals surface area contributed by atoms with Crippen LogP contribution in [0.3, 0.4) is 0 Å². The number of rotatable bonds is 7. The number of nitrogens with zero attached hydrogens (tertiary/aromatic N) is 5. The van der Waals surface area contributed by atoms with Gasteiger partial charge in [-0.2, -0.15) is 0 Å². The molecule has 0 radical (unpaired) electrons. The number of hydrogen-bond donors (Lipinski definition) is 0. The van der Waals surface area contributed by atoms with Gasteiger partial charge in [0.2, 0.25) is 5.91 Å². The first kappa shape index (κ1) is 24.1. The lowest BCUT2D eigenvalue weighted by Gasteiger charge is -2.32. The molecule has 3 heterocycles. The molecule has 0 atom stereocenters. The molecule has 1 saturated carbocycles. The van der Waals surface area contributed by atoms with E-state index in [0.29, 0.717) is 36.0 Å². The van der Waals surface area contributed by atoms with Gasteiger partial charge in [-0.25, -0.2) is 9.78 Å². The van der Waals surface area contributed by atoms with E-state index in [9.17, 15) is 14.4 Å². The molecular formula is C27H33N5O4. The van der Waals surface area contributed by atoms with Crippen molar-refractivity contribution < 1.29 is 9.53 Å². The van der Waals surface area contributed by atoms with Crippen LogP contribution in [-0.2, 0) is 24.9 Å². The lowest BCUT2D eigenvalue weighted by Crippen LogP contribution is -2.42. The number of fused-ring (bicyclic) bond motifs is 1. The van der Waals surface area contributed by atoms with Crippen molar-refractivity contribution in [2.24, 2.45) is 13.0 Å². The van der Waals surface area contributed by atoms with Gasteiger partial charge in [-0.1, -0.05) is 18.2 Å². The van der Waals surface area contributed by atoms with Crippen LogP contribution in [0.2, 0.25) is 0 Å². The van der Waals surface area contributed by atoms with Gasteiger partial charge in [0.05, 0.1) is 0 Å². The van der Waals surface area contributed by atoms with E-state index in [0.717, 1.165) is 50.1 Å². The topological polar surface area (TPSA) is 91.4 Å². The number of likely N-dealkylation sites (tertiary alicyclic amines) is 1. The zero-order valence-corrected chi connectivity index (χ0v) is 21.1. The summed E-state index contributed by atoms with van der Waals surface area (Å²) in [6.45, 7) is 5.96. The minimum atomic E-state index is -0.332. The van der Waals surface area contributed by atoms with Gasteiger partial charge in [0.1, 0.15) is 17.7 Å². The van der Waals surface area contributed by atoms with Crippen LogP contribution in [0, 0.1) is 5.92 Å². The Kier molecular flexibility index (Phi) is 6.55. The Morgan fingerprint density at radius 2 is 1.67 bits per heavy atom. The molecule has 1 aliphatic carbocycles. The molecule has 2 fully saturated rings. The van der Waals surface area contributed by atoms with Gasteiger partial charge in [0, 0.05) is 52.0 Å². The molecular weight excluding hydrogens is 458 g/mol. The largest absolute Gasteiger partial charge is 0.490 e. The minimum Gasteiger partial charge on any atom is -0.490 e. The summed E-state index contributed by atoms with van der Waals surface area (Å²) in [6.07, 6.45) is 7.71. The highest BCUT2D eigenvalue weighted by molar-refractivity contribution is 5.81. The summed E-state index contributed by atoms with van der Waals surface area (Å²) in [6, 6.07) is 7.86. The highest BCUT2D eigenvalue weighted by atomic mass is 16.5. The number of aromatic nitrogens is 4. The fourth-order valence-electron chi connectivity index (χ4n) is 4.90. The van der Waals surface area contributed by atoms with Crippen molar-refractivity contribution >= 4 is 29.2 Å². The monoisotopic (exact) mass is 491 g/mol. The minimum absolute atomic E-state index is 0.123. The van der Waals surface area contributed by atoms with Crippen LogP contribution in [0.1, 0.15) is 50.9 Å². The summed E-state index contributed by atoms with van der Waals surface area (Å²) in [4.78, 5) is 44.3. The number of aryl methyl sites for hydroxylation is 2. The number of carbonyl (C=O) groups is 1. The number of hydrogen-bond acceptors (Lipinski definition) is 5. The zero-order valence-electron chi connectivity index (χ0n) is 21.1. The fourth-order valence-corrected chi connectivity index (χ4v) is 4.90. The van der Waals surface area contributed by atoms with Crippen molar-refractivity contribution in [2.75, 3.05) is 13.1 Å². The summed E-state index contributed by atoms with van der Waals surface area (Å²) in [5.41, 5.74) is 1.15. The van der Waals surface area contributed by atoms with Crippen molar-refractivity contribution in [3.63, 3.8) is 0 Å².